The van der Waals surface area contributed by atoms with Gasteiger partial charge in [0, 0.05) is 42.0 Å². The molecule has 8 nitrogen and oxygen atoms in total. The second-order valence-corrected chi connectivity index (χ2v) is 8.40. The average Bonchev–Trinajstić information content (AvgIpc) is 2.87. The number of ether oxygens (including phenoxy) is 1. The van der Waals surface area contributed by atoms with Gasteiger partial charge in [-0.15, -0.1) is 0 Å². The number of carboxylic acid groups (broad SMARTS) is 1. The van der Waals surface area contributed by atoms with Crippen molar-refractivity contribution < 1.29 is 24.2 Å². The van der Waals surface area contributed by atoms with Gasteiger partial charge in [0.1, 0.15) is 5.75 Å². The molecule has 0 radical (unpaired) electrons. The Morgan fingerprint density at radius 1 is 0.853 bits per heavy atom. The van der Waals surface area contributed by atoms with Crippen LogP contribution < -0.4 is 15.4 Å². The molecule has 2 aromatic carbocycles. The summed E-state index contributed by atoms with van der Waals surface area (Å²) < 4.78 is 5.94. The van der Waals surface area contributed by atoms with Gasteiger partial charge in [-0.3, -0.25) is 19.4 Å². The molecular weight excluding hydrogens is 434 g/mol. The fourth-order valence-corrected chi connectivity index (χ4v) is 4.09. The van der Waals surface area contributed by atoms with Crippen molar-refractivity contribution in [2.24, 2.45) is 5.92 Å². The van der Waals surface area contributed by atoms with Crippen LogP contribution in [0.4, 0.5) is 0 Å². The highest BCUT2D eigenvalue weighted by molar-refractivity contribution is 5.98. The van der Waals surface area contributed by atoms with E-state index in [2.05, 4.69) is 15.6 Å². The number of hydrogen-bond acceptors (Lipinski definition) is 5. The quantitative estimate of drug-likeness (QED) is 0.443. The van der Waals surface area contributed by atoms with Crippen LogP contribution in [0, 0.1) is 5.92 Å². The van der Waals surface area contributed by atoms with Gasteiger partial charge in [-0.05, 0) is 73.5 Å². The summed E-state index contributed by atoms with van der Waals surface area (Å²) in [6.07, 6.45) is 6.09. The summed E-state index contributed by atoms with van der Waals surface area (Å²) in [5.74, 6) is -0.790. The molecule has 1 aliphatic carbocycles. The van der Waals surface area contributed by atoms with E-state index in [9.17, 15) is 14.4 Å². The Kier molecular flexibility index (Phi) is 7.37. The highest BCUT2D eigenvalue weighted by atomic mass is 16.5. The minimum atomic E-state index is -0.736. The van der Waals surface area contributed by atoms with Crippen LogP contribution in [0.2, 0.25) is 0 Å². The van der Waals surface area contributed by atoms with Gasteiger partial charge >= 0.3 is 5.97 Å². The minimum Gasteiger partial charge on any atom is -0.490 e. The van der Waals surface area contributed by atoms with E-state index in [1.807, 2.05) is 18.2 Å². The van der Waals surface area contributed by atoms with Crippen molar-refractivity contribution >= 4 is 28.6 Å². The molecule has 0 spiro atoms. The van der Waals surface area contributed by atoms with Crippen molar-refractivity contribution in [3.8, 4) is 5.75 Å². The summed E-state index contributed by atoms with van der Waals surface area (Å²) in [6.45, 7) is 0.603. The van der Waals surface area contributed by atoms with E-state index in [4.69, 9.17) is 9.84 Å². The number of carbonyl (C=O) groups is 3. The summed E-state index contributed by atoms with van der Waals surface area (Å²) in [5.41, 5.74) is 1.05. The van der Waals surface area contributed by atoms with Gasteiger partial charge in [0.25, 0.3) is 11.8 Å². The Hall–Kier alpha value is -3.94. The zero-order valence-electron chi connectivity index (χ0n) is 18.7. The van der Waals surface area contributed by atoms with Crippen LogP contribution in [0.1, 0.15) is 46.4 Å². The molecule has 0 bridgehead atoms. The average molecular weight is 462 g/mol. The molecule has 3 aromatic rings. The zero-order chi connectivity index (χ0) is 23.9. The number of amides is 2. The first-order valence-corrected chi connectivity index (χ1v) is 11.4. The fraction of sp³-hybridized carbons (Fsp3) is 0.308. The zero-order valence-corrected chi connectivity index (χ0v) is 18.7. The largest absolute Gasteiger partial charge is 0.490 e. The number of benzene rings is 2. The van der Waals surface area contributed by atoms with Gasteiger partial charge in [0.15, 0.2) is 0 Å². The lowest BCUT2D eigenvalue weighted by Crippen LogP contribution is -2.34. The molecule has 8 heteroatoms. The van der Waals surface area contributed by atoms with E-state index in [0.717, 1.165) is 10.8 Å². The number of aromatic nitrogens is 1. The Balaban J connectivity index is 1.19. The van der Waals surface area contributed by atoms with Gasteiger partial charge < -0.3 is 20.5 Å². The molecule has 0 unspecified atom stereocenters. The molecule has 0 atom stereocenters. The molecule has 34 heavy (non-hydrogen) atoms. The SMILES string of the molecule is O=C(NCCNC(=O)c1ccc2cnccc2c1)c1ccc(O[C@H]2CC[C@@H](C(=O)O)CC2)cc1. The van der Waals surface area contributed by atoms with Crippen LogP contribution in [-0.2, 0) is 4.79 Å². The molecule has 1 fully saturated rings. The monoisotopic (exact) mass is 461 g/mol. The second-order valence-electron chi connectivity index (χ2n) is 8.40. The van der Waals surface area contributed by atoms with Gasteiger partial charge in [-0.2, -0.15) is 0 Å². The van der Waals surface area contributed by atoms with Crippen LogP contribution in [-0.4, -0.2) is 47.1 Å². The third kappa shape index (κ3) is 5.89. The van der Waals surface area contributed by atoms with E-state index < -0.39 is 5.97 Å². The van der Waals surface area contributed by atoms with E-state index >= 15 is 0 Å². The van der Waals surface area contributed by atoms with Crippen molar-refractivity contribution in [3.63, 3.8) is 0 Å². The highest BCUT2D eigenvalue weighted by Gasteiger charge is 2.26. The number of aliphatic carboxylic acids is 1. The molecule has 176 valence electrons. The Morgan fingerprint density at radius 3 is 2.18 bits per heavy atom. The van der Waals surface area contributed by atoms with Crippen molar-refractivity contribution in [1.29, 1.82) is 0 Å². The number of rotatable bonds is 8. The van der Waals surface area contributed by atoms with Crippen molar-refractivity contribution in [2.45, 2.75) is 31.8 Å². The molecule has 0 aliphatic heterocycles. The van der Waals surface area contributed by atoms with E-state index in [-0.39, 0.29) is 23.8 Å². The Labute approximate surface area is 197 Å². The number of pyridine rings is 1. The summed E-state index contributed by atoms with van der Waals surface area (Å²) in [6, 6.07) is 14.1. The highest BCUT2D eigenvalue weighted by Crippen LogP contribution is 2.28. The first kappa shape index (κ1) is 23.2. The molecular formula is C26H27N3O5. The lowest BCUT2D eigenvalue weighted by molar-refractivity contribution is -0.143. The van der Waals surface area contributed by atoms with Crippen molar-refractivity contribution in [1.82, 2.24) is 15.6 Å². The number of fused-ring (bicyclic) bond motifs is 1. The van der Waals surface area contributed by atoms with Crippen LogP contribution in [0.3, 0.4) is 0 Å². The molecule has 2 amide bonds. The van der Waals surface area contributed by atoms with Gasteiger partial charge in [0.2, 0.25) is 0 Å². The molecule has 1 aliphatic rings. The number of nitrogens with one attached hydrogen (secondary N) is 2. The molecule has 3 N–H and O–H groups in total. The Morgan fingerprint density at radius 2 is 1.50 bits per heavy atom. The summed E-state index contributed by atoms with van der Waals surface area (Å²) >= 11 is 0. The third-order valence-corrected chi connectivity index (χ3v) is 6.04. The van der Waals surface area contributed by atoms with Crippen LogP contribution in [0.15, 0.2) is 60.9 Å². The maximum atomic E-state index is 12.4. The van der Waals surface area contributed by atoms with Gasteiger partial charge in [-0.1, -0.05) is 6.07 Å². The second kappa shape index (κ2) is 10.8. The first-order valence-electron chi connectivity index (χ1n) is 11.4. The third-order valence-electron chi connectivity index (χ3n) is 6.04. The van der Waals surface area contributed by atoms with Gasteiger partial charge in [0.05, 0.1) is 12.0 Å². The lowest BCUT2D eigenvalue weighted by atomic mass is 9.87. The number of carboxylic acids is 1. The van der Waals surface area contributed by atoms with E-state index in [0.29, 0.717) is 55.6 Å². The summed E-state index contributed by atoms with van der Waals surface area (Å²) in [7, 11) is 0. The Bertz CT molecular complexity index is 1170. The fourth-order valence-electron chi connectivity index (χ4n) is 4.09. The predicted octanol–water partition coefficient (Wildman–Crippen LogP) is 3.42. The first-order chi connectivity index (χ1) is 16.5. The van der Waals surface area contributed by atoms with E-state index in [1.54, 1.807) is 42.7 Å². The van der Waals surface area contributed by atoms with Crippen molar-refractivity contribution in [3.05, 3.63) is 72.1 Å². The molecule has 4 rings (SSSR count). The van der Waals surface area contributed by atoms with Crippen LogP contribution in [0.25, 0.3) is 10.8 Å². The summed E-state index contributed by atoms with van der Waals surface area (Å²) in [5, 5.41) is 16.6. The predicted molar refractivity (Wildman–Crippen MR) is 127 cm³/mol. The normalized spacial score (nSPS) is 17.6. The maximum Gasteiger partial charge on any atom is 0.306 e. The van der Waals surface area contributed by atoms with E-state index in [1.165, 1.54) is 0 Å². The lowest BCUT2D eigenvalue weighted by Gasteiger charge is -2.26. The van der Waals surface area contributed by atoms with Crippen LogP contribution in [0.5, 0.6) is 5.75 Å². The molecule has 1 heterocycles. The maximum absolute atomic E-state index is 12.4. The van der Waals surface area contributed by atoms with Gasteiger partial charge in [-0.25, -0.2) is 0 Å². The van der Waals surface area contributed by atoms with Crippen molar-refractivity contribution in [2.75, 3.05) is 13.1 Å². The molecule has 1 saturated carbocycles. The number of carbonyl (C=O) groups excluding carboxylic acids is 2. The standard InChI is InChI=1S/C26H27N3O5/c30-24(17-3-7-22(8-4-17)34-23-9-5-18(6-10-23)26(32)33)28-13-14-29-25(31)20-1-2-21-16-27-12-11-19(21)15-20/h1-4,7-8,11-12,15-16,18,23H,5-6,9-10,13-14H2,(H,28,30)(H,29,31)(H,32,33)/t18-,23+. The smallest absolute Gasteiger partial charge is 0.306 e. The topological polar surface area (TPSA) is 118 Å². The number of hydrogen-bond donors (Lipinski definition) is 3. The molecule has 0 saturated heterocycles. The summed E-state index contributed by atoms with van der Waals surface area (Å²) in [4.78, 5) is 39.9. The minimum absolute atomic E-state index is 0.00171. The number of nitrogens with zero attached hydrogens (tertiary/aromatic N) is 1. The van der Waals surface area contributed by atoms with Crippen LogP contribution >= 0.6 is 0 Å². The molecule has 1 aromatic heterocycles.